The monoisotopic (exact) mass is 320 g/mol. The fraction of sp³-hybridized carbons (Fsp3) is 0.105. The van der Waals surface area contributed by atoms with Crippen LogP contribution in [-0.2, 0) is 9.53 Å². The van der Waals surface area contributed by atoms with E-state index in [0.29, 0.717) is 5.69 Å². The van der Waals surface area contributed by atoms with Gasteiger partial charge in [-0.3, -0.25) is 4.79 Å². The second-order valence-electron chi connectivity index (χ2n) is 5.31. The molecule has 0 saturated carbocycles. The third-order valence-corrected chi connectivity index (χ3v) is 3.40. The fourth-order valence-corrected chi connectivity index (χ4v) is 2.28. The number of ketones is 1. The standard InChI is InChI=1S/C19H16N2O3/c1-14(22)13-24-19(23)18-12-17(15-8-4-2-5-9-15)20-21(18)16-10-6-3-7-11-16/h2-12H,13H2,1H3. The highest BCUT2D eigenvalue weighted by atomic mass is 16.5. The molecule has 3 aromatic rings. The fourth-order valence-electron chi connectivity index (χ4n) is 2.28. The predicted molar refractivity (Wildman–Crippen MR) is 90.0 cm³/mol. The lowest BCUT2D eigenvalue weighted by molar-refractivity contribution is -0.120. The van der Waals surface area contributed by atoms with E-state index < -0.39 is 5.97 Å². The van der Waals surface area contributed by atoms with E-state index in [0.717, 1.165) is 11.3 Å². The number of hydrogen-bond donors (Lipinski definition) is 0. The Morgan fingerprint density at radius 3 is 2.25 bits per heavy atom. The maximum absolute atomic E-state index is 12.4. The summed E-state index contributed by atoms with van der Waals surface area (Å²) in [7, 11) is 0. The van der Waals surface area contributed by atoms with Gasteiger partial charge in [0.05, 0.1) is 11.4 Å². The molecule has 1 heterocycles. The lowest BCUT2D eigenvalue weighted by atomic mass is 10.1. The molecule has 0 amide bonds. The van der Waals surface area contributed by atoms with Crippen LogP contribution >= 0.6 is 0 Å². The van der Waals surface area contributed by atoms with Crippen LogP contribution in [0.1, 0.15) is 17.4 Å². The summed E-state index contributed by atoms with van der Waals surface area (Å²) in [6.07, 6.45) is 0. The van der Waals surface area contributed by atoms with Crippen molar-refractivity contribution in [1.29, 1.82) is 0 Å². The molecule has 0 atom stereocenters. The number of carbonyl (C=O) groups is 2. The molecule has 0 aliphatic heterocycles. The molecule has 0 N–H and O–H groups in total. The minimum Gasteiger partial charge on any atom is -0.453 e. The van der Waals surface area contributed by atoms with Gasteiger partial charge in [0.25, 0.3) is 0 Å². The molecule has 0 saturated heterocycles. The van der Waals surface area contributed by atoms with E-state index in [9.17, 15) is 9.59 Å². The van der Waals surface area contributed by atoms with E-state index >= 15 is 0 Å². The highest BCUT2D eigenvalue weighted by molar-refractivity contribution is 5.91. The lowest BCUT2D eigenvalue weighted by Gasteiger charge is -2.06. The molecule has 2 aromatic carbocycles. The molecule has 0 bridgehead atoms. The van der Waals surface area contributed by atoms with Gasteiger partial charge in [0.2, 0.25) is 0 Å². The highest BCUT2D eigenvalue weighted by Gasteiger charge is 2.19. The van der Waals surface area contributed by atoms with Gasteiger partial charge in [-0.2, -0.15) is 5.10 Å². The number of aromatic nitrogens is 2. The first-order chi connectivity index (χ1) is 11.6. The van der Waals surface area contributed by atoms with Gasteiger partial charge >= 0.3 is 5.97 Å². The first-order valence-corrected chi connectivity index (χ1v) is 7.52. The zero-order valence-corrected chi connectivity index (χ0v) is 13.2. The number of Topliss-reactive ketones (excluding diaryl/α,β-unsaturated/α-hetero) is 1. The molecular formula is C19H16N2O3. The summed E-state index contributed by atoms with van der Waals surface area (Å²) < 4.78 is 6.58. The van der Waals surface area contributed by atoms with Gasteiger partial charge in [-0.1, -0.05) is 48.5 Å². The van der Waals surface area contributed by atoms with Crippen molar-refractivity contribution in [2.45, 2.75) is 6.92 Å². The Bertz CT molecular complexity index is 855. The molecular weight excluding hydrogens is 304 g/mol. The third kappa shape index (κ3) is 3.41. The van der Waals surface area contributed by atoms with Crippen LogP contribution in [0.2, 0.25) is 0 Å². The first-order valence-electron chi connectivity index (χ1n) is 7.52. The van der Waals surface area contributed by atoms with Crippen LogP contribution in [-0.4, -0.2) is 28.1 Å². The Labute approximate surface area is 139 Å². The first kappa shape index (κ1) is 15.7. The topological polar surface area (TPSA) is 61.2 Å². The molecule has 120 valence electrons. The highest BCUT2D eigenvalue weighted by Crippen LogP contribution is 2.22. The van der Waals surface area contributed by atoms with Crippen molar-refractivity contribution in [3.8, 4) is 16.9 Å². The van der Waals surface area contributed by atoms with Crippen LogP contribution in [0.5, 0.6) is 0 Å². The van der Waals surface area contributed by atoms with Crippen molar-refractivity contribution in [3.05, 3.63) is 72.4 Å². The summed E-state index contributed by atoms with van der Waals surface area (Å²) in [5, 5.41) is 4.53. The van der Waals surface area contributed by atoms with Crippen molar-refractivity contribution in [1.82, 2.24) is 9.78 Å². The second kappa shape index (κ2) is 6.91. The summed E-state index contributed by atoms with van der Waals surface area (Å²) in [5.41, 5.74) is 2.58. The summed E-state index contributed by atoms with van der Waals surface area (Å²) in [5.74, 6) is -0.791. The Morgan fingerprint density at radius 1 is 1.00 bits per heavy atom. The Balaban J connectivity index is 2.03. The molecule has 0 radical (unpaired) electrons. The Kier molecular flexibility index (Phi) is 4.52. The van der Waals surface area contributed by atoms with Gasteiger partial charge in [0, 0.05) is 5.56 Å². The van der Waals surface area contributed by atoms with E-state index in [1.165, 1.54) is 11.6 Å². The largest absolute Gasteiger partial charge is 0.453 e. The lowest BCUT2D eigenvalue weighted by Crippen LogP contribution is -2.15. The average molecular weight is 320 g/mol. The molecule has 0 fully saturated rings. The van der Waals surface area contributed by atoms with Crippen LogP contribution in [0.25, 0.3) is 16.9 Å². The van der Waals surface area contributed by atoms with E-state index in [4.69, 9.17) is 4.74 Å². The van der Waals surface area contributed by atoms with Gasteiger partial charge in [-0.25, -0.2) is 9.48 Å². The van der Waals surface area contributed by atoms with Crippen molar-refractivity contribution < 1.29 is 14.3 Å². The number of rotatable bonds is 5. The van der Waals surface area contributed by atoms with E-state index in [2.05, 4.69) is 5.10 Å². The molecule has 5 heteroatoms. The Hall–Kier alpha value is -3.21. The number of para-hydroxylation sites is 1. The van der Waals surface area contributed by atoms with Crippen LogP contribution < -0.4 is 0 Å². The zero-order chi connectivity index (χ0) is 16.9. The van der Waals surface area contributed by atoms with Gasteiger partial charge in [0.15, 0.2) is 11.5 Å². The normalized spacial score (nSPS) is 10.4. The number of carbonyl (C=O) groups excluding carboxylic acids is 2. The van der Waals surface area contributed by atoms with E-state index in [1.807, 2.05) is 60.7 Å². The zero-order valence-electron chi connectivity index (χ0n) is 13.2. The minimum atomic E-state index is -0.580. The molecule has 24 heavy (non-hydrogen) atoms. The quantitative estimate of drug-likeness (QED) is 0.677. The minimum absolute atomic E-state index is 0.211. The molecule has 0 unspecified atom stereocenters. The molecule has 0 aliphatic carbocycles. The SMILES string of the molecule is CC(=O)COC(=O)c1cc(-c2ccccc2)nn1-c1ccccc1. The summed E-state index contributed by atoms with van der Waals surface area (Å²) >= 11 is 0. The predicted octanol–water partition coefficient (Wildman–Crippen LogP) is 3.29. The van der Waals surface area contributed by atoms with Gasteiger partial charge in [-0.15, -0.1) is 0 Å². The van der Waals surface area contributed by atoms with Gasteiger partial charge in [0.1, 0.15) is 6.61 Å². The van der Waals surface area contributed by atoms with E-state index in [1.54, 1.807) is 6.07 Å². The van der Waals surface area contributed by atoms with Crippen molar-refractivity contribution >= 4 is 11.8 Å². The summed E-state index contributed by atoms with van der Waals surface area (Å²) in [4.78, 5) is 23.4. The Morgan fingerprint density at radius 2 is 1.62 bits per heavy atom. The van der Waals surface area contributed by atoms with Gasteiger partial charge < -0.3 is 4.74 Å². The van der Waals surface area contributed by atoms with Crippen LogP contribution in [0.3, 0.4) is 0 Å². The molecule has 0 spiro atoms. The number of nitrogens with zero attached hydrogens (tertiary/aromatic N) is 2. The van der Waals surface area contributed by atoms with Crippen LogP contribution in [0.15, 0.2) is 66.7 Å². The van der Waals surface area contributed by atoms with Crippen LogP contribution in [0.4, 0.5) is 0 Å². The average Bonchev–Trinajstić information content (AvgIpc) is 3.06. The molecule has 1 aromatic heterocycles. The molecule has 3 rings (SSSR count). The van der Waals surface area contributed by atoms with E-state index in [-0.39, 0.29) is 18.1 Å². The smallest absolute Gasteiger partial charge is 0.357 e. The summed E-state index contributed by atoms with van der Waals surface area (Å²) in [6, 6.07) is 20.6. The van der Waals surface area contributed by atoms with Gasteiger partial charge in [-0.05, 0) is 25.1 Å². The van der Waals surface area contributed by atoms with Crippen molar-refractivity contribution in [3.63, 3.8) is 0 Å². The number of benzene rings is 2. The number of ether oxygens (including phenoxy) is 1. The molecule has 5 nitrogen and oxygen atoms in total. The van der Waals surface area contributed by atoms with Crippen molar-refractivity contribution in [2.24, 2.45) is 0 Å². The third-order valence-electron chi connectivity index (χ3n) is 3.40. The maximum atomic E-state index is 12.4. The summed E-state index contributed by atoms with van der Waals surface area (Å²) in [6.45, 7) is 1.12. The number of esters is 1. The maximum Gasteiger partial charge on any atom is 0.357 e. The second-order valence-corrected chi connectivity index (χ2v) is 5.31. The molecule has 0 aliphatic rings. The van der Waals surface area contributed by atoms with Crippen LogP contribution in [0, 0.1) is 0 Å². The van der Waals surface area contributed by atoms with Crippen molar-refractivity contribution in [2.75, 3.05) is 6.61 Å². The number of hydrogen-bond acceptors (Lipinski definition) is 4.